The second-order valence-electron chi connectivity index (χ2n) is 2.36. The third-order valence-corrected chi connectivity index (χ3v) is 1.70. The molecular weight excluding hydrogens is 206 g/mol. The Balaban J connectivity index is 3.86. The van der Waals surface area contributed by atoms with Crippen molar-refractivity contribution >= 4 is 34.8 Å². The minimum absolute atomic E-state index is 0.139. The molecule has 1 nitrogen and oxygen atoms in total. The fraction of sp³-hybridized carbons (Fsp3) is 0.714. The molecule has 0 aliphatic rings. The van der Waals surface area contributed by atoms with Crippen molar-refractivity contribution in [2.24, 2.45) is 5.92 Å². The van der Waals surface area contributed by atoms with Crippen LogP contribution in [0.4, 0.5) is 0 Å². The predicted molar refractivity (Wildman–Crippen MR) is 50.2 cm³/mol. The van der Waals surface area contributed by atoms with Gasteiger partial charge in [0.1, 0.15) is 0 Å². The van der Waals surface area contributed by atoms with Gasteiger partial charge in [0.2, 0.25) is 0 Å². The summed E-state index contributed by atoms with van der Waals surface area (Å²) < 4.78 is 3.39. The molecule has 4 heteroatoms. The van der Waals surface area contributed by atoms with Crippen LogP contribution in [0, 0.1) is 5.92 Å². The van der Waals surface area contributed by atoms with Gasteiger partial charge in [0.05, 0.1) is 6.10 Å². The van der Waals surface area contributed by atoms with Crippen LogP contribution in [0.25, 0.3) is 0 Å². The van der Waals surface area contributed by atoms with Crippen molar-refractivity contribution in [3.05, 3.63) is 12.7 Å². The molecular formula is C7H11Cl3O. The van der Waals surface area contributed by atoms with E-state index in [2.05, 4.69) is 6.58 Å². The molecule has 0 aliphatic heterocycles. The van der Waals surface area contributed by atoms with Crippen LogP contribution in [-0.2, 0) is 4.74 Å². The molecule has 0 saturated heterocycles. The van der Waals surface area contributed by atoms with Gasteiger partial charge in [-0.1, -0.05) is 47.8 Å². The summed E-state index contributed by atoms with van der Waals surface area (Å²) >= 11 is 16.2. The number of alkyl halides is 3. The lowest BCUT2D eigenvalue weighted by atomic mass is 10.1. The minimum atomic E-state index is -1.63. The molecule has 0 bridgehead atoms. The molecule has 11 heavy (non-hydrogen) atoms. The molecule has 0 heterocycles. The summed E-state index contributed by atoms with van der Waals surface area (Å²) in [5.41, 5.74) is 0. The van der Waals surface area contributed by atoms with Crippen molar-refractivity contribution in [2.45, 2.75) is 23.9 Å². The number of hydrogen-bond donors (Lipinski definition) is 0. The molecule has 0 amide bonds. The number of rotatable bonds is 3. The summed E-state index contributed by atoms with van der Waals surface area (Å²) in [5.74, 6) is 0.172. The SMILES string of the molecule is C=CC(C)C(C)OC(Cl)(Cl)Cl. The first-order chi connectivity index (χ1) is 4.87. The Kier molecular flexibility index (Phi) is 4.80. The number of ether oxygens (including phenoxy) is 1. The topological polar surface area (TPSA) is 9.23 Å². The Morgan fingerprint density at radius 1 is 1.36 bits per heavy atom. The van der Waals surface area contributed by atoms with Gasteiger partial charge in [-0.25, -0.2) is 0 Å². The zero-order valence-corrected chi connectivity index (χ0v) is 8.75. The van der Waals surface area contributed by atoms with Crippen LogP contribution in [0.2, 0.25) is 0 Å². The van der Waals surface area contributed by atoms with Crippen molar-refractivity contribution in [1.29, 1.82) is 0 Å². The van der Waals surface area contributed by atoms with E-state index in [0.717, 1.165) is 0 Å². The second kappa shape index (κ2) is 4.56. The van der Waals surface area contributed by atoms with Gasteiger partial charge in [0.15, 0.2) is 0 Å². The molecule has 0 aromatic carbocycles. The summed E-state index contributed by atoms with van der Waals surface area (Å²) in [6, 6.07) is 0. The Bertz CT molecular complexity index is 130. The molecule has 0 rings (SSSR count). The normalized spacial score (nSPS) is 17.5. The van der Waals surface area contributed by atoms with E-state index >= 15 is 0 Å². The zero-order chi connectivity index (χ0) is 9.07. The third kappa shape index (κ3) is 5.80. The van der Waals surface area contributed by atoms with E-state index in [-0.39, 0.29) is 12.0 Å². The second-order valence-corrected chi connectivity index (χ2v) is 4.54. The Morgan fingerprint density at radius 3 is 2.09 bits per heavy atom. The molecule has 0 N–H and O–H groups in total. The van der Waals surface area contributed by atoms with Crippen LogP contribution in [-0.4, -0.2) is 10.1 Å². The van der Waals surface area contributed by atoms with Gasteiger partial charge in [-0.2, -0.15) is 0 Å². The lowest BCUT2D eigenvalue weighted by molar-refractivity contribution is 0.0377. The summed E-state index contributed by atoms with van der Waals surface area (Å²) in [4.78, 5) is 0. The number of halogens is 3. The van der Waals surface area contributed by atoms with E-state index in [0.29, 0.717) is 0 Å². The molecule has 2 atom stereocenters. The van der Waals surface area contributed by atoms with Gasteiger partial charge >= 0.3 is 0 Å². The van der Waals surface area contributed by atoms with E-state index in [9.17, 15) is 0 Å². The maximum absolute atomic E-state index is 5.40. The lowest BCUT2D eigenvalue weighted by Crippen LogP contribution is -2.23. The summed E-state index contributed by atoms with van der Waals surface area (Å²) in [6.07, 6.45) is 1.61. The largest absolute Gasteiger partial charge is 0.331 e. The fourth-order valence-electron chi connectivity index (χ4n) is 0.510. The average Bonchev–Trinajstić information content (AvgIpc) is 1.82. The van der Waals surface area contributed by atoms with Crippen LogP contribution in [0.1, 0.15) is 13.8 Å². The van der Waals surface area contributed by atoms with E-state index in [1.807, 2.05) is 13.8 Å². The van der Waals surface area contributed by atoms with E-state index < -0.39 is 3.98 Å². The van der Waals surface area contributed by atoms with E-state index in [1.54, 1.807) is 6.08 Å². The van der Waals surface area contributed by atoms with Crippen LogP contribution in [0.5, 0.6) is 0 Å². The highest BCUT2D eigenvalue weighted by Gasteiger charge is 2.25. The first kappa shape index (κ1) is 11.6. The molecule has 0 aromatic rings. The molecule has 66 valence electrons. The van der Waals surface area contributed by atoms with Crippen LogP contribution >= 0.6 is 34.8 Å². The van der Waals surface area contributed by atoms with E-state index in [1.165, 1.54) is 0 Å². The standard InChI is InChI=1S/C7H11Cl3O/c1-4-5(2)6(3)11-7(8,9)10/h4-6H,1H2,2-3H3. The Hall–Kier alpha value is 0.570. The van der Waals surface area contributed by atoms with Crippen molar-refractivity contribution in [3.63, 3.8) is 0 Å². The first-order valence-corrected chi connectivity index (χ1v) is 4.37. The van der Waals surface area contributed by atoms with Gasteiger partial charge in [0, 0.05) is 0 Å². The fourth-order valence-corrected chi connectivity index (χ4v) is 0.931. The van der Waals surface area contributed by atoms with Gasteiger partial charge < -0.3 is 4.74 Å². The van der Waals surface area contributed by atoms with Crippen molar-refractivity contribution in [3.8, 4) is 0 Å². The molecule has 0 aromatic heterocycles. The van der Waals surface area contributed by atoms with Crippen molar-refractivity contribution in [1.82, 2.24) is 0 Å². The quantitative estimate of drug-likeness (QED) is 0.519. The maximum Gasteiger partial charge on any atom is 0.297 e. The number of hydrogen-bond acceptors (Lipinski definition) is 1. The van der Waals surface area contributed by atoms with E-state index in [4.69, 9.17) is 39.5 Å². The molecule has 0 radical (unpaired) electrons. The van der Waals surface area contributed by atoms with Crippen LogP contribution < -0.4 is 0 Å². The molecule has 0 aliphatic carbocycles. The maximum atomic E-state index is 5.40. The van der Waals surface area contributed by atoms with Crippen LogP contribution in [0.3, 0.4) is 0 Å². The Labute approximate surface area is 82.3 Å². The summed E-state index contributed by atoms with van der Waals surface area (Å²) in [5, 5.41) is 0. The molecule has 0 fully saturated rings. The highest BCUT2D eigenvalue weighted by molar-refractivity contribution is 6.66. The van der Waals surface area contributed by atoms with Gasteiger partial charge in [-0.3, -0.25) is 0 Å². The highest BCUT2D eigenvalue weighted by Crippen LogP contribution is 2.30. The van der Waals surface area contributed by atoms with Crippen LogP contribution in [0.15, 0.2) is 12.7 Å². The molecule has 2 unspecified atom stereocenters. The monoisotopic (exact) mass is 216 g/mol. The average molecular weight is 218 g/mol. The highest BCUT2D eigenvalue weighted by atomic mass is 35.6. The molecule has 0 spiro atoms. The van der Waals surface area contributed by atoms with Crippen molar-refractivity contribution in [2.75, 3.05) is 0 Å². The summed E-state index contributed by atoms with van der Waals surface area (Å²) in [6.45, 7) is 7.37. The van der Waals surface area contributed by atoms with Gasteiger partial charge in [-0.15, -0.1) is 6.58 Å². The minimum Gasteiger partial charge on any atom is -0.331 e. The first-order valence-electron chi connectivity index (χ1n) is 3.24. The Morgan fingerprint density at radius 2 is 1.82 bits per heavy atom. The van der Waals surface area contributed by atoms with Gasteiger partial charge in [-0.05, 0) is 12.8 Å². The lowest BCUT2D eigenvalue weighted by Gasteiger charge is -2.21. The van der Waals surface area contributed by atoms with Crippen molar-refractivity contribution < 1.29 is 4.74 Å². The summed E-state index contributed by atoms with van der Waals surface area (Å²) in [7, 11) is 0. The molecule has 0 saturated carbocycles. The smallest absolute Gasteiger partial charge is 0.297 e. The zero-order valence-electron chi connectivity index (χ0n) is 6.48. The van der Waals surface area contributed by atoms with Gasteiger partial charge in [0.25, 0.3) is 3.98 Å². The third-order valence-electron chi connectivity index (χ3n) is 1.43. The predicted octanol–water partition coefficient (Wildman–Crippen LogP) is 3.54.